The molecule has 0 heterocycles. The maximum atomic E-state index is 6.24. The molecule has 0 bridgehead atoms. The normalized spacial score (nSPS) is 24.0. The third-order valence-electron chi connectivity index (χ3n) is 4.64. The Balaban J connectivity index is 1.97. The van der Waals surface area contributed by atoms with Gasteiger partial charge < -0.3 is 22.1 Å². The van der Waals surface area contributed by atoms with Crippen LogP contribution in [0.25, 0.3) is 0 Å². The second-order valence-electron chi connectivity index (χ2n) is 6.74. The lowest BCUT2D eigenvalue weighted by Crippen LogP contribution is -2.25. The van der Waals surface area contributed by atoms with E-state index in [9.17, 15) is 0 Å². The Bertz CT molecular complexity index is 223. The van der Waals surface area contributed by atoms with Gasteiger partial charge in [-0.3, -0.25) is 0 Å². The van der Waals surface area contributed by atoms with E-state index in [2.05, 4.69) is 24.5 Å². The first kappa shape index (κ1) is 18.9. The van der Waals surface area contributed by atoms with Crippen LogP contribution < -0.4 is 22.1 Å². The molecule has 1 aliphatic carbocycles. The van der Waals surface area contributed by atoms with Gasteiger partial charge in [-0.2, -0.15) is 0 Å². The predicted molar refractivity (Wildman–Crippen MR) is 92.3 cm³/mol. The summed E-state index contributed by atoms with van der Waals surface area (Å²) in [5.74, 6) is 1.72. The molecule has 4 unspecified atom stereocenters. The summed E-state index contributed by atoms with van der Waals surface area (Å²) in [6.45, 7) is 8.63. The summed E-state index contributed by atoms with van der Waals surface area (Å²) in [6, 6.07) is 0.785. The van der Waals surface area contributed by atoms with Crippen molar-refractivity contribution in [2.24, 2.45) is 23.3 Å². The summed E-state index contributed by atoms with van der Waals surface area (Å²) >= 11 is 0. The topological polar surface area (TPSA) is 76.1 Å². The van der Waals surface area contributed by atoms with Gasteiger partial charge in [0, 0.05) is 12.1 Å². The first-order valence-corrected chi connectivity index (χ1v) is 9.09. The number of hydrogen-bond donors (Lipinski definition) is 4. The Kier molecular flexibility index (Phi) is 10.3. The van der Waals surface area contributed by atoms with Gasteiger partial charge in [0.2, 0.25) is 0 Å². The van der Waals surface area contributed by atoms with E-state index in [0.717, 1.165) is 50.9 Å². The van der Waals surface area contributed by atoms with Crippen molar-refractivity contribution in [1.82, 2.24) is 10.6 Å². The molecule has 0 aromatic rings. The van der Waals surface area contributed by atoms with Crippen LogP contribution in [0.1, 0.15) is 58.8 Å². The number of rotatable bonds is 14. The van der Waals surface area contributed by atoms with E-state index in [1.54, 1.807) is 0 Å². The minimum Gasteiger partial charge on any atom is -0.328 e. The molecule has 0 amide bonds. The van der Waals surface area contributed by atoms with E-state index < -0.39 is 0 Å². The molecule has 1 aliphatic rings. The van der Waals surface area contributed by atoms with Crippen LogP contribution in [-0.2, 0) is 0 Å². The zero-order valence-corrected chi connectivity index (χ0v) is 14.2. The maximum Gasteiger partial charge on any atom is 0.00420 e. The van der Waals surface area contributed by atoms with Gasteiger partial charge in [0.25, 0.3) is 0 Å². The summed E-state index contributed by atoms with van der Waals surface area (Å²) in [5.41, 5.74) is 12.5. The molecule has 4 atom stereocenters. The van der Waals surface area contributed by atoms with Crippen molar-refractivity contribution in [3.63, 3.8) is 0 Å². The van der Waals surface area contributed by atoms with E-state index in [1.165, 1.54) is 32.1 Å². The first-order chi connectivity index (χ1) is 10.2. The predicted octanol–water partition coefficient (Wildman–Crippen LogP) is 1.84. The second kappa shape index (κ2) is 11.4. The van der Waals surface area contributed by atoms with Crippen LogP contribution in [0.15, 0.2) is 0 Å². The Labute approximate surface area is 131 Å². The molecule has 0 radical (unpaired) electrons. The Morgan fingerprint density at radius 2 is 1.29 bits per heavy atom. The highest BCUT2D eigenvalue weighted by molar-refractivity contribution is 4.90. The summed E-state index contributed by atoms with van der Waals surface area (Å²) in [5, 5.41) is 6.72. The molecule has 6 N–H and O–H groups in total. The summed E-state index contributed by atoms with van der Waals surface area (Å²) in [4.78, 5) is 0. The number of nitrogens with one attached hydrogen (secondary N) is 2. The van der Waals surface area contributed by atoms with Crippen molar-refractivity contribution in [3.8, 4) is 0 Å². The molecule has 0 aliphatic heterocycles. The maximum absolute atomic E-state index is 6.24. The van der Waals surface area contributed by atoms with E-state index in [-0.39, 0.29) is 0 Å². The van der Waals surface area contributed by atoms with Crippen molar-refractivity contribution in [1.29, 1.82) is 0 Å². The molecular formula is C17H38N4. The molecule has 1 saturated carbocycles. The fourth-order valence-corrected chi connectivity index (χ4v) is 3.23. The van der Waals surface area contributed by atoms with Crippen molar-refractivity contribution < 1.29 is 0 Å². The van der Waals surface area contributed by atoms with Crippen LogP contribution in [0.4, 0.5) is 0 Å². The van der Waals surface area contributed by atoms with Crippen LogP contribution in [0.2, 0.25) is 0 Å². The third kappa shape index (κ3) is 9.46. The van der Waals surface area contributed by atoms with Crippen LogP contribution in [0.3, 0.4) is 0 Å². The molecule has 126 valence electrons. The highest BCUT2D eigenvalue weighted by atomic mass is 14.8. The molecule has 0 spiro atoms. The van der Waals surface area contributed by atoms with Crippen molar-refractivity contribution >= 4 is 0 Å². The lowest BCUT2D eigenvalue weighted by Gasteiger charge is -2.13. The lowest BCUT2D eigenvalue weighted by atomic mass is 10.0. The molecule has 0 saturated heterocycles. The van der Waals surface area contributed by atoms with Crippen LogP contribution >= 0.6 is 0 Å². The van der Waals surface area contributed by atoms with Crippen molar-refractivity contribution in [2.45, 2.75) is 70.9 Å². The van der Waals surface area contributed by atoms with Gasteiger partial charge in [-0.1, -0.05) is 13.8 Å². The molecule has 4 heteroatoms. The zero-order valence-electron chi connectivity index (χ0n) is 14.2. The van der Waals surface area contributed by atoms with Gasteiger partial charge in [-0.25, -0.2) is 0 Å². The molecule has 0 aromatic carbocycles. The lowest BCUT2D eigenvalue weighted by molar-refractivity contribution is 0.452. The molecule has 1 fully saturated rings. The van der Waals surface area contributed by atoms with Gasteiger partial charge in [-0.15, -0.1) is 0 Å². The second-order valence-corrected chi connectivity index (χ2v) is 6.74. The van der Waals surface area contributed by atoms with Gasteiger partial charge in [-0.05, 0) is 83.0 Å². The fourth-order valence-electron chi connectivity index (χ4n) is 3.23. The Morgan fingerprint density at radius 3 is 1.67 bits per heavy atom. The molecular weight excluding hydrogens is 260 g/mol. The van der Waals surface area contributed by atoms with Crippen LogP contribution in [0.5, 0.6) is 0 Å². The highest BCUT2D eigenvalue weighted by Gasteiger charge is 2.38. The summed E-state index contributed by atoms with van der Waals surface area (Å²) in [7, 11) is 0. The van der Waals surface area contributed by atoms with E-state index >= 15 is 0 Å². The van der Waals surface area contributed by atoms with Crippen LogP contribution in [-0.4, -0.2) is 38.3 Å². The summed E-state index contributed by atoms with van der Waals surface area (Å²) < 4.78 is 0. The van der Waals surface area contributed by atoms with Crippen molar-refractivity contribution in [2.75, 3.05) is 26.2 Å². The van der Waals surface area contributed by atoms with Gasteiger partial charge in [0.1, 0.15) is 0 Å². The van der Waals surface area contributed by atoms with Gasteiger partial charge in [0.15, 0.2) is 0 Å². The number of nitrogens with two attached hydrogens (primary N) is 2. The van der Waals surface area contributed by atoms with E-state index in [0.29, 0.717) is 12.1 Å². The quantitative estimate of drug-likeness (QED) is 0.369. The average Bonchev–Trinajstić information content (AvgIpc) is 3.17. The first-order valence-electron chi connectivity index (χ1n) is 9.09. The number of hydrogen-bond acceptors (Lipinski definition) is 4. The minimum absolute atomic E-state index is 0.392. The third-order valence-corrected chi connectivity index (χ3v) is 4.64. The standard InChI is InChI=1S/C17H38N4/c1-3-20-9-5-7-16(18)12-14-11-15(14)13-17(19)8-6-10-21-4-2/h14-17,20-21H,3-13,18-19H2,1-2H3. The Hall–Kier alpha value is -0.160. The largest absolute Gasteiger partial charge is 0.328 e. The summed E-state index contributed by atoms with van der Waals surface area (Å²) in [6.07, 6.45) is 8.51. The SMILES string of the molecule is CCNCCCC(N)CC1CC1CC(N)CCCNCC. The Morgan fingerprint density at radius 1 is 0.857 bits per heavy atom. The van der Waals surface area contributed by atoms with E-state index in [1.807, 2.05) is 0 Å². The monoisotopic (exact) mass is 298 g/mol. The highest BCUT2D eigenvalue weighted by Crippen LogP contribution is 2.45. The molecule has 4 nitrogen and oxygen atoms in total. The minimum atomic E-state index is 0.392. The van der Waals surface area contributed by atoms with Gasteiger partial charge in [0.05, 0.1) is 0 Å². The smallest absolute Gasteiger partial charge is 0.00420 e. The molecule has 1 rings (SSSR count). The fraction of sp³-hybridized carbons (Fsp3) is 1.00. The average molecular weight is 299 g/mol. The zero-order chi connectivity index (χ0) is 15.5. The van der Waals surface area contributed by atoms with Crippen molar-refractivity contribution in [3.05, 3.63) is 0 Å². The van der Waals surface area contributed by atoms with E-state index in [4.69, 9.17) is 11.5 Å². The molecule has 21 heavy (non-hydrogen) atoms. The van der Waals surface area contributed by atoms with Crippen LogP contribution in [0, 0.1) is 11.8 Å². The van der Waals surface area contributed by atoms with Gasteiger partial charge >= 0.3 is 0 Å². The molecule has 0 aromatic heterocycles.